The first-order chi connectivity index (χ1) is 16.9. The molecule has 0 fully saturated rings. The first kappa shape index (κ1) is 22.3. The van der Waals surface area contributed by atoms with Crippen LogP contribution < -0.4 is 16.2 Å². The van der Waals surface area contributed by atoms with Gasteiger partial charge in [-0.2, -0.15) is 5.10 Å². The van der Waals surface area contributed by atoms with Crippen LogP contribution in [-0.4, -0.2) is 32.7 Å². The van der Waals surface area contributed by atoms with Crippen molar-refractivity contribution in [2.24, 2.45) is 0 Å². The summed E-state index contributed by atoms with van der Waals surface area (Å²) in [6.45, 7) is 4.21. The van der Waals surface area contributed by atoms with E-state index in [1.807, 2.05) is 32.0 Å². The van der Waals surface area contributed by atoms with Gasteiger partial charge < -0.3 is 10.3 Å². The van der Waals surface area contributed by atoms with Crippen LogP contribution in [0.15, 0.2) is 59.4 Å². The van der Waals surface area contributed by atoms with E-state index >= 15 is 0 Å². The number of nitrogens with one attached hydrogen (secondary N) is 4. The smallest absolute Gasteiger partial charge is 0.321 e. The summed E-state index contributed by atoms with van der Waals surface area (Å²) in [4.78, 5) is 31.5. The lowest BCUT2D eigenvalue weighted by atomic mass is 9.98. The molecule has 5 aromatic rings. The molecule has 0 bridgehead atoms. The molecule has 0 saturated heterocycles. The molecule has 5 rings (SSSR count). The number of halogens is 1. The van der Waals surface area contributed by atoms with Crippen molar-refractivity contribution in [3.05, 3.63) is 87.6 Å². The van der Waals surface area contributed by atoms with Crippen molar-refractivity contribution < 1.29 is 9.18 Å². The number of benzene rings is 3. The van der Waals surface area contributed by atoms with Gasteiger partial charge in [-0.15, -0.1) is 0 Å². The summed E-state index contributed by atoms with van der Waals surface area (Å²) in [5, 5.41) is 13.5. The third kappa shape index (κ3) is 4.35. The van der Waals surface area contributed by atoms with E-state index in [-0.39, 0.29) is 17.4 Å². The summed E-state index contributed by atoms with van der Waals surface area (Å²) < 4.78 is 14.9. The second kappa shape index (κ2) is 9.02. The molecule has 8 nitrogen and oxygen atoms in total. The molecule has 176 valence electrons. The Kier molecular flexibility index (Phi) is 5.74. The monoisotopic (exact) mass is 470 g/mol. The highest BCUT2D eigenvalue weighted by molar-refractivity contribution is 5.91. The molecule has 9 heteroatoms. The van der Waals surface area contributed by atoms with Gasteiger partial charge in [0.2, 0.25) is 5.95 Å². The number of aromatic nitrogens is 4. The van der Waals surface area contributed by atoms with Crippen LogP contribution in [0.3, 0.4) is 0 Å². The van der Waals surface area contributed by atoms with Gasteiger partial charge in [0.1, 0.15) is 5.82 Å². The number of aromatic amines is 2. The molecular formula is C26H23FN6O2. The average molecular weight is 471 g/mol. The standard InChI is InChI=1S/C26H23FN6O2/c1-3-28-26(35)31-25-29-20-10-8-16(13-22(20)30-25)18-11-15(7-9-19(18)27)12-21-17-6-4-5-14(2)23(17)24(34)33-32-21/h4-11,13H,3,12H2,1-2H3,(H,33,34)(H3,28,29,30,31,35). The van der Waals surface area contributed by atoms with Gasteiger partial charge in [0, 0.05) is 23.9 Å². The number of H-pyrrole nitrogens is 2. The number of amides is 2. The highest BCUT2D eigenvalue weighted by Crippen LogP contribution is 2.29. The molecule has 2 aromatic heterocycles. The normalized spacial score (nSPS) is 11.2. The molecular weight excluding hydrogens is 447 g/mol. The van der Waals surface area contributed by atoms with E-state index in [0.29, 0.717) is 52.2 Å². The van der Waals surface area contributed by atoms with E-state index in [0.717, 1.165) is 16.5 Å². The Morgan fingerprint density at radius 3 is 2.80 bits per heavy atom. The number of carbonyl (C=O) groups excluding carboxylic acids is 1. The number of nitrogens with zero attached hydrogens (tertiary/aromatic N) is 2. The first-order valence-electron chi connectivity index (χ1n) is 11.2. The second-order valence-corrected chi connectivity index (χ2v) is 8.29. The van der Waals surface area contributed by atoms with E-state index in [2.05, 4.69) is 30.8 Å². The Bertz CT molecular complexity index is 1640. The zero-order valence-corrected chi connectivity index (χ0v) is 19.2. The third-order valence-electron chi connectivity index (χ3n) is 5.87. The summed E-state index contributed by atoms with van der Waals surface area (Å²) in [7, 11) is 0. The average Bonchev–Trinajstić information content (AvgIpc) is 3.23. The van der Waals surface area contributed by atoms with E-state index in [1.54, 1.807) is 30.3 Å². The molecule has 4 N–H and O–H groups in total. The lowest BCUT2D eigenvalue weighted by molar-refractivity contribution is 0.252. The molecule has 0 radical (unpaired) electrons. The molecule has 0 spiro atoms. The van der Waals surface area contributed by atoms with Gasteiger partial charge in [-0.3, -0.25) is 10.1 Å². The first-order valence-corrected chi connectivity index (χ1v) is 11.2. The third-order valence-corrected chi connectivity index (χ3v) is 5.87. The van der Waals surface area contributed by atoms with Crippen LogP contribution in [0.5, 0.6) is 0 Å². The van der Waals surface area contributed by atoms with Crippen molar-refractivity contribution in [1.82, 2.24) is 25.5 Å². The van der Waals surface area contributed by atoms with E-state index in [1.165, 1.54) is 6.07 Å². The number of carbonyl (C=O) groups is 1. The SMILES string of the molecule is CCNC(=O)Nc1nc2ccc(-c3cc(Cc4n[nH]c(=O)c5c(C)cccc45)ccc3F)cc2[nH]1. The van der Waals surface area contributed by atoms with E-state index in [9.17, 15) is 14.0 Å². The largest absolute Gasteiger partial charge is 0.338 e. The Labute approximate surface area is 199 Å². The second-order valence-electron chi connectivity index (χ2n) is 8.29. The van der Waals surface area contributed by atoms with Crippen molar-refractivity contribution in [1.29, 1.82) is 0 Å². The fraction of sp³-hybridized carbons (Fsp3) is 0.154. The summed E-state index contributed by atoms with van der Waals surface area (Å²) in [6, 6.07) is 15.6. The molecule has 2 heterocycles. The fourth-order valence-corrected chi connectivity index (χ4v) is 4.22. The maximum Gasteiger partial charge on any atom is 0.321 e. The van der Waals surface area contributed by atoms with Crippen LogP contribution in [0.2, 0.25) is 0 Å². The Balaban J connectivity index is 1.49. The molecule has 0 saturated carbocycles. The maximum absolute atomic E-state index is 14.9. The predicted octanol–water partition coefficient (Wildman–Crippen LogP) is 4.65. The van der Waals surface area contributed by atoms with Gasteiger partial charge in [-0.25, -0.2) is 19.3 Å². The van der Waals surface area contributed by atoms with Gasteiger partial charge in [0.05, 0.1) is 22.1 Å². The van der Waals surface area contributed by atoms with Gasteiger partial charge in [0.15, 0.2) is 0 Å². The van der Waals surface area contributed by atoms with Crippen LogP contribution in [0, 0.1) is 12.7 Å². The van der Waals surface area contributed by atoms with Crippen LogP contribution in [0.25, 0.3) is 32.9 Å². The number of fused-ring (bicyclic) bond motifs is 2. The fourth-order valence-electron chi connectivity index (χ4n) is 4.22. The van der Waals surface area contributed by atoms with Crippen molar-refractivity contribution in [3.8, 4) is 11.1 Å². The number of hydrogen-bond acceptors (Lipinski definition) is 4. The topological polar surface area (TPSA) is 116 Å². The minimum atomic E-state index is -0.358. The van der Waals surface area contributed by atoms with Gasteiger partial charge >= 0.3 is 6.03 Å². The number of anilines is 1. The van der Waals surface area contributed by atoms with Gasteiger partial charge in [0.25, 0.3) is 5.56 Å². The Hall–Kier alpha value is -4.53. The van der Waals surface area contributed by atoms with Crippen LogP contribution in [0.4, 0.5) is 15.1 Å². The van der Waals surface area contributed by atoms with E-state index in [4.69, 9.17) is 0 Å². The van der Waals surface area contributed by atoms with Crippen molar-refractivity contribution in [2.75, 3.05) is 11.9 Å². The minimum Gasteiger partial charge on any atom is -0.338 e. The van der Waals surface area contributed by atoms with Crippen molar-refractivity contribution in [2.45, 2.75) is 20.3 Å². The van der Waals surface area contributed by atoms with Gasteiger partial charge in [-0.1, -0.05) is 30.3 Å². The van der Waals surface area contributed by atoms with Crippen molar-refractivity contribution >= 4 is 33.8 Å². The Morgan fingerprint density at radius 2 is 1.97 bits per heavy atom. The molecule has 2 amide bonds. The lowest BCUT2D eigenvalue weighted by Gasteiger charge is -2.09. The number of aryl methyl sites for hydroxylation is 1. The summed E-state index contributed by atoms with van der Waals surface area (Å²) >= 11 is 0. The Morgan fingerprint density at radius 1 is 1.11 bits per heavy atom. The minimum absolute atomic E-state index is 0.226. The zero-order valence-electron chi connectivity index (χ0n) is 19.2. The van der Waals surface area contributed by atoms with Crippen LogP contribution in [-0.2, 0) is 6.42 Å². The molecule has 3 aromatic carbocycles. The predicted molar refractivity (Wildman–Crippen MR) is 134 cm³/mol. The highest BCUT2D eigenvalue weighted by atomic mass is 19.1. The molecule has 0 aliphatic rings. The summed E-state index contributed by atoms with van der Waals surface area (Å²) in [5.41, 5.74) is 4.64. The zero-order chi connectivity index (χ0) is 24.5. The number of imidazole rings is 1. The molecule has 35 heavy (non-hydrogen) atoms. The molecule has 0 atom stereocenters. The van der Waals surface area contributed by atoms with Crippen molar-refractivity contribution in [3.63, 3.8) is 0 Å². The highest BCUT2D eigenvalue weighted by Gasteiger charge is 2.13. The lowest BCUT2D eigenvalue weighted by Crippen LogP contribution is -2.28. The number of rotatable bonds is 5. The van der Waals surface area contributed by atoms with Crippen LogP contribution in [0.1, 0.15) is 23.7 Å². The number of hydrogen-bond donors (Lipinski definition) is 4. The molecule has 0 aliphatic carbocycles. The molecule has 0 aliphatic heterocycles. The molecule has 0 unspecified atom stereocenters. The quantitative estimate of drug-likeness (QED) is 0.299. The number of urea groups is 1. The van der Waals surface area contributed by atoms with Gasteiger partial charge in [-0.05, 0) is 54.8 Å². The maximum atomic E-state index is 14.9. The van der Waals surface area contributed by atoms with Crippen LogP contribution >= 0.6 is 0 Å². The van der Waals surface area contributed by atoms with E-state index < -0.39 is 0 Å². The summed E-state index contributed by atoms with van der Waals surface area (Å²) in [6.07, 6.45) is 0.428. The summed E-state index contributed by atoms with van der Waals surface area (Å²) in [5.74, 6) is -0.0490.